The van der Waals surface area contributed by atoms with Crippen LogP contribution in [0, 0.1) is 6.08 Å². The van der Waals surface area contributed by atoms with Crippen molar-refractivity contribution in [3.8, 4) is 0 Å². The van der Waals surface area contributed by atoms with Crippen molar-refractivity contribution in [1.82, 2.24) is 0 Å². The summed E-state index contributed by atoms with van der Waals surface area (Å²) >= 11 is 0. The second-order valence-electron chi connectivity index (χ2n) is 5.89. The molecule has 0 bridgehead atoms. The van der Waals surface area contributed by atoms with E-state index in [0.717, 1.165) is 12.8 Å². The summed E-state index contributed by atoms with van der Waals surface area (Å²) in [6.45, 7) is 0. The Morgan fingerprint density at radius 2 is 0.714 bits per heavy atom. The first-order valence-corrected chi connectivity index (χ1v) is 9.88. The number of rotatable bonds is 0. The second-order valence-corrected chi connectivity index (χ2v) is 5.89. The van der Waals surface area contributed by atoms with Crippen LogP contribution in [0.2, 0.25) is 0 Å². The van der Waals surface area contributed by atoms with Crippen molar-refractivity contribution in [3.05, 3.63) is 146 Å². The SMILES string of the molecule is [C]1=C\C=C/C=C\C=C/C=C\C=C/C=CC=C\C=C/C=C\C=C/C=CCCCC1. The molecule has 143 valence electrons. The Morgan fingerprint density at radius 1 is 0.357 bits per heavy atom. The molecule has 1 rings (SSSR count). The highest BCUT2D eigenvalue weighted by atomic mass is 13.9. The molecular formula is C28H31. The van der Waals surface area contributed by atoms with Crippen molar-refractivity contribution >= 4 is 0 Å². The average Bonchev–Trinajstić information content (AvgIpc) is 2.71. The quantitative estimate of drug-likeness (QED) is 0.406. The highest BCUT2D eigenvalue weighted by Crippen LogP contribution is 2.01. The fraction of sp³-hybridized carbons (Fsp3) is 0.143. The van der Waals surface area contributed by atoms with E-state index in [1.165, 1.54) is 12.8 Å². The van der Waals surface area contributed by atoms with Gasteiger partial charge in [-0.2, -0.15) is 0 Å². The van der Waals surface area contributed by atoms with Crippen molar-refractivity contribution in [1.29, 1.82) is 0 Å². The molecule has 0 heterocycles. The van der Waals surface area contributed by atoms with Gasteiger partial charge in [0, 0.05) is 0 Å². The van der Waals surface area contributed by atoms with E-state index in [1.54, 1.807) is 0 Å². The molecule has 0 atom stereocenters. The summed E-state index contributed by atoms with van der Waals surface area (Å²) in [6, 6.07) is 0. The van der Waals surface area contributed by atoms with Gasteiger partial charge < -0.3 is 0 Å². The fourth-order valence-electron chi connectivity index (χ4n) is 2.09. The summed E-state index contributed by atoms with van der Waals surface area (Å²) in [5, 5.41) is 0. The van der Waals surface area contributed by atoms with Crippen molar-refractivity contribution in [3.63, 3.8) is 0 Å². The molecule has 0 unspecified atom stereocenters. The lowest BCUT2D eigenvalue weighted by molar-refractivity contribution is 0.754. The minimum atomic E-state index is 1.01. The Balaban J connectivity index is 2.55. The third-order valence-electron chi connectivity index (χ3n) is 3.51. The van der Waals surface area contributed by atoms with E-state index in [4.69, 9.17) is 0 Å². The molecule has 0 amide bonds. The first kappa shape index (κ1) is 22.9. The summed E-state index contributed by atoms with van der Waals surface area (Å²) in [5.41, 5.74) is 0. The van der Waals surface area contributed by atoms with Gasteiger partial charge in [-0.1, -0.05) is 140 Å². The lowest BCUT2D eigenvalue weighted by Gasteiger charge is -1.91. The molecule has 0 aromatic rings. The Morgan fingerprint density at radius 3 is 1.14 bits per heavy atom. The summed E-state index contributed by atoms with van der Waals surface area (Å²) in [7, 11) is 0. The zero-order valence-electron chi connectivity index (χ0n) is 16.6. The lowest BCUT2D eigenvalue weighted by Crippen LogP contribution is -1.72. The Labute approximate surface area is 171 Å². The van der Waals surface area contributed by atoms with Gasteiger partial charge in [0.25, 0.3) is 0 Å². The first-order chi connectivity index (χ1) is 14.0. The Bertz CT molecular complexity index is 656. The third kappa shape index (κ3) is 17.7. The molecular weight excluding hydrogens is 336 g/mol. The van der Waals surface area contributed by atoms with Crippen LogP contribution in [0.15, 0.2) is 140 Å². The molecule has 0 heteroatoms. The van der Waals surface area contributed by atoms with Crippen LogP contribution in [0.1, 0.15) is 25.7 Å². The van der Waals surface area contributed by atoms with Crippen LogP contribution in [0.4, 0.5) is 0 Å². The van der Waals surface area contributed by atoms with Crippen molar-refractivity contribution < 1.29 is 0 Å². The molecule has 0 aliphatic heterocycles. The molecule has 0 nitrogen and oxygen atoms in total. The Hall–Kier alpha value is -3.12. The summed E-state index contributed by atoms with van der Waals surface area (Å²) < 4.78 is 0. The zero-order valence-corrected chi connectivity index (χ0v) is 16.6. The maximum absolute atomic E-state index is 3.31. The van der Waals surface area contributed by atoms with Crippen molar-refractivity contribution in [2.24, 2.45) is 0 Å². The number of hydrogen-bond acceptors (Lipinski definition) is 0. The van der Waals surface area contributed by atoms with Crippen LogP contribution >= 0.6 is 0 Å². The number of allylic oxidation sites excluding steroid dienone is 24. The largest absolute Gasteiger partial charge is 0.0845 e. The standard InChI is InChI=1S/C28H31/c1-2-4-6-8-10-12-14-16-18-20-22-24-26-28-27-25-23-21-19-17-15-13-11-9-7-5-3-1/h1-23H,24,26-28H2/b2-1?,5-3-,6-4?,9-7-,10-8-,13-11-,14-12-,17-15-,18-16-,21-19-,22-20?,25-23?. The molecule has 1 aliphatic carbocycles. The van der Waals surface area contributed by atoms with Crippen LogP contribution in [0.3, 0.4) is 0 Å². The minimum Gasteiger partial charge on any atom is -0.0845 e. The van der Waals surface area contributed by atoms with Gasteiger partial charge in [-0.25, -0.2) is 0 Å². The van der Waals surface area contributed by atoms with E-state index in [9.17, 15) is 0 Å². The highest BCUT2D eigenvalue weighted by Gasteiger charge is 1.82. The zero-order chi connectivity index (χ0) is 19.8. The van der Waals surface area contributed by atoms with Gasteiger partial charge in [-0.05, 0) is 31.8 Å². The van der Waals surface area contributed by atoms with Gasteiger partial charge in [-0.15, -0.1) is 0 Å². The Kier molecular flexibility index (Phi) is 16.5. The summed E-state index contributed by atoms with van der Waals surface area (Å²) in [6.07, 6.45) is 54.5. The maximum atomic E-state index is 3.31. The fourth-order valence-corrected chi connectivity index (χ4v) is 2.09. The van der Waals surface area contributed by atoms with E-state index in [2.05, 4.69) is 24.3 Å². The van der Waals surface area contributed by atoms with Crippen LogP contribution in [-0.2, 0) is 0 Å². The van der Waals surface area contributed by atoms with Gasteiger partial charge >= 0.3 is 0 Å². The van der Waals surface area contributed by atoms with E-state index in [0.29, 0.717) is 0 Å². The normalized spacial score (nSPS) is 26.3. The molecule has 28 heavy (non-hydrogen) atoms. The summed E-state index contributed by atoms with van der Waals surface area (Å²) in [5.74, 6) is 0. The average molecular weight is 368 g/mol. The topological polar surface area (TPSA) is 0 Å². The molecule has 0 aromatic carbocycles. The maximum Gasteiger partial charge on any atom is -0.0276 e. The van der Waals surface area contributed by atoms with Crippen LogP contribution in [-0.4, -0.2) is 0 Å². The molecule has 0 saturated heterocycles. The van der Waals surface area contributed by atoms with Crippen molar-refractivity contribution in [2.75, 3.05) is 0 Å². The monoisotopic (exact) mass is 367 g/mol. The number of hydrogen-bond donors (Lipinski definition) is 0. The van der Waals surface area contributed by atoms with Gasteiger partial charge in [0.1, 0.15) is 0 Å². The molecule has 0 fully saturated rings. The van der Waals surface area contributed by atoms with Crippen molar-refractivity contribution in [2.45, 2.75) is 25.7 Å². The van der Waals surface area contributed by atoms with Gasteiger partial charge in [0.05, 0.1) is 0 Å². The first-order valence-electron chi connectivity index (χ1n) is 9.88. The summed E-state index contributed by atoms with van der Waals surface area (Å²) in [4.78, 5) is 0. The highest BCUT2D eigenvalue weighted by molar-refractivity contribution is 5.23. The van der Waals surface area contributed by atoms with E-state index >= 15 is 0 Å². The smallest absolute Gasteiger partial charge is 0.0276 e. The van der Waals surface area contributed by atoms with E-state index < -0.39 is 0 Å². The molecule has 0 saturated carbocycles. The molecule has 0 spiro atoms. The van der Waals surface area contributed by atoms with Gasteiger partial charge in [0.15, 0.2) is 0 Å². The predicted molar refractivity (Wildman–Crippen MR) is 127 cm³/mol. The molecule has 1 radical (unpaired) electrons. The minimum absolute atomic E-state index is 1.01. The predicted octanol–water partition coefficient (Wildman–Crippen LogP) is 8.04. The molecule has 0 N–H and O–H groups in total. The van der Waals surface area contributed by atoms with Crippen LogP contribution in [0.5, 0.6) is 0 Å². The third-order valence-corrected chi connectivity index (χ3v) is 3.51. The molecule has 0 aromatic heterocycles. The van der Waals surface area contributed by atoms with Gasteiger partial charge in [-0.3, -0.25) is 0 Å². The second kappa shape index (κ2) is 20.2. The van der Waals surface area contributed by atoms with E-state index in [1.807, 2.05) is 122 Å². The van der Waals surface area contributed by atoms with Crippen LogP contribution in [0.25, 0.3) is 0 Å². The van der Waals surface area contributed by atoms with Gasteiger partial charge in [0.2, 0.25) is 0 Å². The van der Waals surface area contributed by atoms with E-state index in [-0.39, 0.29) is 0 Å². The molecule has 1 aliphatic rings. The van der Waals surface area contributed by atoms with Crippen LogP contribution < -0.4 is 0 Å². The lowest BCUT2D eigenvalue weighted by atomic mass is 10.2.